The van der Waals surface area contributed by atoms with Crippen molar-refractivity contribution in [2.75, 3.05) is 0 Å². The molecule has 6 heteroatoms. The highest BCUT2D eigenvalue weighted by Crippen LogP contribution is 2.30. The van der Waals surface area contributed by atoms with Crippen LogP contribution >= 0.6 is 11.6 Å². The van der Waals surface area contributed by atoms with Crippen LogP contribution < -0.4 is 4.74 Å². The minimum absolute atomic E-state index is 0.0127. The van der Waals surface area contributed by atoms with Crippen molar-refractivity contribution in [3.05, 3.63) is 57.6 Å². The van der Waals surface area contributed by atoms with Crippen LogP contribution in [0.5, 0.6) is 17.2 Å². The molecule has 92 valence electrons. The predicted molar refractivity (Wildman–Crippen MR) is 66.3 cm³/mol. The summed E-state index contributed by atoms with van der Waals surface area (Å²) in [5.41, 5.74) is -0.0127. The number of phenolic OH excluding ortho intramolecular Hbond substituents is 1. The van der Waals surface area contributed by atoms with Gasteiger partial charge < -0.3 is 9.84 Å². The first-order chi connectivity index (χ1) is 8.56. The largest absolute Gasteiger partial charge is 0.506 e. The smallest absolute Gasteiger partial charge is 0.269 e. The van der Waals surface area contributed by atoms with Gasteiger partial charge >= 0.3 is 0 Å². The second-order valence-electron chi connectivity index (χ2n) is 3.47. The zero-order valence-corrected chi connectivity index (χ0v) is 9.79. The van der Waals surface area contributed by atoms with Gasteiger partial charge in [0.2, 0.25) is 0 Å². The monoisotopic (exact) mass is 265 g/mol. The molecule has 5 nitrogen and oxygen atoms in total. The number of phenols is 1. The summed E-state index contributed by atoms with van der Waals surface area (Å²) in [6.07, 6.45) is 0. The number of hydrogen-bond acceptors (Lipinski definition) is 4. The van der Waals surface area contributed by atoms with Crippen molar-refractivity contribution in [2.24, 2.45) is 0 Å². The van der Waals surface area contributed by atoms with Crippen molar-refractivity contribution < 1.29 is 14.8 Å². The molecule has 0 saturated heterocycles. The lowest BCUT2D eigenvalue weighted by atomic mass is 10.3. The van der Waals surface area contributed by atoms with E-state index < -0.39 is 4.92 Å². The van der Waals surface area contributed by atoms with Crippen molar-refractivity contribution in [3.8, 4) is 17.2 Å². The Morgan fingerprint density at radius 1 is 1.11 bits per heavy atom. The molecule has 2 rings (SSSR count). The summed E-state index contributed by atoms with van der Waals surface area (Å²) in [5.74, 6) is 0.740. The maximum absolute atomic E-state index is 10.5. The number of hydrogen-bond donors (Lipinski definition) is 1. The van der Waals surface area contributed by atoms with Crippen LogP contribution in [0.1, 0.15) is 0 Å². The van der Waals surface area contributed by atoms with Crippen LogP contribution in [0.3, 0.4) is 0 Å². The normalized spacial score (nSPS) is 10.1. The van der Waals surface area contributed by atoms with Gasteiger partial charge in [-0.1, -0.05) is 11.6 Å². The van der Waals surface area contributed by atoms with E-state index in [9.17, 15) is 15.2 Å². The van der Waals surface area contributed by atoms with E-state index in [1.54, 1.807) is 6.07 Å². The molecule has 0 aliphatic heterocycles. The van der Waals surface area contributed by atoms with Gasteiger partial charge in [-0.3, -0.25) is 10.1 Å². The quantitative estimate of drug-likeness (QED) is 0.678. The molecule has 0 amide bonds. The molecular weight excluding hydrogens is 258 g/mol. The molecule has 0 atom stereocenters. The van der Waals surface area contributed by atoms with Crippen molar-refractivity contribution in [1.82, 2.24) is 0 Å². The average molecular weight is 266 g/mol. The predicted octanol–water partition coefficient (Wildman–Crippen LogP) is 3.75. The minimum atomic E-state index is -0.488. The SMILES string of the molecule is O=[N+]([O-])c1ccc(Oc2ccc(Cl)c(O)c2)cc1. The van der Waals surface area contributed by atoms with Crippen LogP contribution in [0.25, 0.3) is 0 Å². The van der Waals surface area contributed by atoms with E-state index in [1.165, 1.54) is 36.4 Å². The van der Waals surface area contributed by atoms with E-state index in [0.717, 1.165) is 0 Å². The second-order valence-corrected chi connectivity index (χ2v) is 3.87. The maximum atomic E-state index is 10.5. The van der Waals surface area contributed by atoms with Gasteiger partial charge in [-0.2, -0.15) is 0 Å². The molecule has 0 radical (unpaired) electrons. The van der Waals surface area contributed by atoms with Gasteiger partial charge in [0.15, 0.2) is 0 Å². The fourth-order valence-electron chi connectivity index (χ4n) is 1.33. The average Bonchev–Trinajstić information content (AvgIpc) is 2.34. The number of aromatic hydroxyl groups is 1. The molecule has 0 heterocycles. The molecule has 18 heavy (non-hydrogen) atoms. The Balaban J connectivity index is 2.18. The molecule has 1 N–H and O–H groups in total. The lowest BCUT2D eigenvalue weighted by Crippen LogP contribution is -1.88. The third kappa shape index (κ3) is 2.70. The van der Waals surface area contributed by atoms with Crippen LogP contribution in [0, 0.1) is 10.1 Å². The van der Waals surface area contributed by atoms with E-state index in [2.05, 4.69) is 0 Å². The summed E-state index contributed by atoms with van der Waals surface area (Å²) in [5, 5.41) is 20.1. The van der Waals surface area contributed by atoms with Crippen LogP contribution in [-0.2, 0) is 0 Å². The summed E-state index contributed by atoms with van der Waals surface area (Å²) in [4.78, 5) is 9.98. The third-order valence-corrected chi connectivity index (χ3v) is 2.52. The summed E-state index contributed by atoms with van der Waals surface area (Å²) >= 11 is 5.66. The Bertz CT molecular complexity index is 583. The molecule has 0 aromatic heterocycles. The fourth-order valence-corrected chi connectivity index (χ4v) is 1.45. The molecule has 0 saturated carbocycles. The third-order valence-electron chi connectivity index (χ3n) is 2.20. The van der Waals surface area contributed by atoms with Crippen LogP contribution in [-0.4, -0.2) is 10.0 Å². The number of nitro benzene ring substituents is 1. The minimum Gasteiger partial charge on any atom is -0.506 e. The topological polar surface area (TPSA) is 72.6 Å². The first-order valence-corrected chi connectivity index (χ1v) is 5.35. The summed E-state index contributed by atoms with van der Waals surface area (Å²) in [7, 11) is 0. The van der Waals surface area contributed by atoms with Gasteiger partial charge in [0.25, 0.3) is 5.69 Å². The number of nitrogens with zero attached hydrogens (tertiary/aromatic N) is 1. The molecule has 2 aromatic carbocycles. The van der Waals surface area contributed by atoms with E-state index in [0.29, 0.717) is 11.5 Å². The fraction of sp³-hybridized carbons (Fsp3) is 0. The number of non-ortho nitro benzene ring substituents is 1. The lowest BCUT2D eigenvalue weighted by Gasteiger charge is -2.06. The van der Waals surface area contributed by atoms with Crippen LogP contribution in [0.15, 0.2) is 42.5 Å². The summed E-state index contributed by atoms with van der Waals surface area (Å²) in [6.45, 7) is 0. The number of nitro groups is 1. The highest BCUT2D eigenvalue weighted by Gasteiger charge is 2.06. The van der Waals surface area contributed by atoms with Crippen LogP contribution in [0.2, 0.25) is 5.02 Å². The van der Waals surface area contributed by atoms with Gasteiger partial charge in [-0.25, -0.2) is 0 Å². The first-order valence-electron chi connectivity index (χ1n) is 4.97. The number of halogens is 1. The Labute approximate surface area is 107 Å². The molecular formula is C12H8ClNO4. The van der Waals surface area contributed by atoms with E-state index >= 15 is 0 Å². The van der Waals surface area contributed by atoms with E-state index in [1.807, 2.05) is 0 Å². The molecule has 2 aromatic rings. The summed E-state index contributed by atoms with van der Waals surface area (Å²) < 4.78 is 5.41. The second kappa shape index (κ2) is 4.93. The van der Waals surface area contributed by atoms with E-state index in [-0.39, 0.29) is 16.5 Å². The van der Waals surface area contributed by atoms with Gasteiger partial charge in [-0.15, -0.1) is 0 Å². The molecule has 0 unspecified atom stereocenters. The van der Waals surface area contributed by atoms with Crippen molar-refractivity contribution in [1.29, 1.82) is 0 Å². The van der Waals surface area contributed by atoms with E-state index in [4.69, 9.17) is 16.3 Å². The maximum Gasteiger partial charge on any atom is 0.269 e. The number of rotatable bonds is 3. The van der Waals surface area contributed by atoms with Crippen molar-refractivity contribution in [3.63, 3.8) is 0 Å². The molecule has 0 aliphatic rings. The molecule has 0 spiro atoms. The Kier molecular flexibility index (Phi) is 3.34. The number of ether oxygens (including phenoxy) is 1. The van der Waals surface area contributed by atoms with Gasteiger partial charge in [0, 0.05) is 18.2 Å². The lowest BCUT2D eigenvalue weighted by molar-refractivity contribution is -0.384. The van der Waals surface area contributed by atoms with Crippen molar-refractivity contribution in [2.45, 2.75) is 0 Å². The molecule has 0 aliphatic carbocycles. The zero-order chi connectivity index (χ0) is 13.1. The summed E-state index contributed by atoms with van der Waals surface area (Å²) in [6, 6.07) is 10.1. The molecule has 0 fully saturated rings. The van der Waals surface area contributed by atoms with Crippen LogP contribution in [0.4, 0.5) is 5.69 Å². The van der Waals surface area contributed by atoms with Crippen molar-refractivity contribution >= 4 is 17.3 Å². The first kappa shape index (κ1) is 12.2. The van der Waals surface area contributed by atoms with Gasteiger partial charge in [0.05, 0.1) is 9.95 Å². The Hall–Kier alpha value is -2.27. The highest BCUT2D eigenvalue weighted by atomic mass is 35.5. The zero-order valence-electron chi connectivity index (χ0n) is 9.04. The Morgan fingerprint density at radius 3 is 2.28 bits per heavy atom. The standard InChI is InChI=1S/C12H8ClNO4/c13-11-6-5-10(7-12(11)15)18-9-3-1-8(2-4-9)14(16)17/h1-7,15H. The van der Waals surface area contributed by atoms with Gasteiger partial charge in [-0.05, 0) is 24.3 Å². The molecule has 0 bridgehead atoms. The van der Waals surface area contributed by atoms with Gasteiger partial charge in [0.1, 0.15) is 17.2 Å². The number of benzene rings is 2. The highest BCUT2D eigenvalue weighted by molar-refractivity contribution is 6.32. The Morgan fingerprint density at radius 2 is 1.72 bits per heavy atom.